The Morgan fingerprint density at radius 3 is 2.29 bits per heavy atom. The van der Waals surface area contributed by atoms with Gasteiger partial charge >= 0.3 is 11.9 Å². The Morgan fingerprint density at radius 1 is 1.57 bits per heavy atom. The van der Waals surface area contributed by atoms with Gasteiger partial charge < -0.3 is 4.74 Å². The van der Waals surface area contributed by atoms with Gasteiger partial charge in [0.05, 0.1) is 0 Å². The summed E-state index contributed by atoms with van der Waals surface area (Å²) < 4.78 is 10.3. The molecule has 3 nitrogen and oxygen atoms in total. The van der Waals surface area contributed by atoms with Gasteiger partial charge in [-0.15, -0.1) is 0 Å². The topological polar surface area (TPSA) is 43.4 Å². The summed E-state index contributed by atoms with van der Waals surface area (Å²) in [5.41, 5.74) is 0. The van der Waals surface area contributed by atoms with Gasteiger partial charge in [-0.25, -0.2) is 0 Å². The van der Waals surface area contributed by atoms with Gasteiger partial charge in [0.15, 0.2) is 0 Å². The zero-order valence-corrected chi connectivity index (χ0v) is 3.93. The van der Waals surface area contributed by atoms with Crippen molar-refractivity contribution in [3.05, 3.63) is 0 Å². The molecular formula is C4H6O3. The van der Waals surface area contributed by atoms with Crippen molar-refractivity contribution in [1.82, 2.24) is 0 Å². The highest BCUT2D eigenvalue weighted by Gasteiger charge is 1.93. The van der Waals surface area contributed by atoms with E-state index in [1.807, 2.05) is 0 Å². The molecule has 3 heteroatoms. The number of carbonyl (C=O) groups is 2. The fraction of sp³-hybridized carbons (Fsp3) is 0.500. The van der Waals surface area contributed by atoms with E-state index in [0.717, 1.165) is 6.92 Å². The Balaban J connectivity index is 3.40. The monoisotopic (exact) mass is 103 g/mol. The second kappa shape index (κ2) is 2.34. The molecule has 0 N–H and O–H groups in total. The van der Waals surface area contributed by atoms with Crippen LogP contribution in [0.4, 0.5) is 0 Å². The molecule has 0 bridgehead atoms. The van der Waals surface area contributed by atoms with Crippen molar-refractivity contribution in [3.8, 4) is 0 Å². The third-order valence-corrected chi connectivity index (χ3v) is 0.258. The normalized spacial score (nSPS) is 9.57. The van der Waals surface area contributed by atoms with Gasteiger partial charge in [-0.05, 0) is 0 Å². The number of hydrogen-bond donors (Lipinski definition) is 0. The van der Waals surface area contributed by atoms with Crippen LogP contribution in [0, 0.1) is 0 Å². The third-order valence-electron chi connectivity index (χ3n) is 0.258. The molecule has 7 heavy (non-hydrogen) atoms. The highest BCUT2D eigenvalue weighted by Crippen LogP contribution is 1.73. The number of carbonyl (C=O) groups excluding carboxylic acids is 2. The summed E-state index contributed by atoms with van der Waals surface area (Å²) >= 11 is 0. The number of ether oxygens (including phenoxy) is 1. The van der Waals surface area contributed by atoms with Crippen molar-refractivity contribution in [2.75, 3.05) is 0 Å². The summed E-state index contributed by atoms with van der Waals surface area (Å²) in [6, 6.07) is 0. The summed E-state index contributed by atoms with van der Waals surface area (Å²) in [4.78, 5) is 19.9. The lowest BCUT2D eigenvalue weighted by molar-refractivity contribution is -0.156. The molecule has 0 amide bonds. The molecule has 0 fully saturated rings. The minimum Gasteiger partial charge on any atom is -0.394 e. The fourth-order valence-corrected chi connectivity index (χ4v) is 0.160. The van der Waals surface area contributed by atoms with Crippen LogP contribution < -0.4 is 0 Å². The van der Waals surface area contributed by atoms with E-state index in [1.54, 1.807) is 0 Å². The van der Waals surface area contributed by atoms with E-state index < -0.39 is 18.8 Å². The largest absolute Gasteiger partial charge is 0.394 e. The van der Waals surface area contributed by atoms with E-state index in [0.29, 0.717) is 0 Å². The first-order chi connectivity index (χ1) is 3.66. The van der Waals surface area contributed by atoms with Crippen molar-refractivity contribution >= 4 is 11.9 Å². The Kier molecular flexibility index (Phi) is 1.44. The lowest BCUT2D eigenvalue weighted by Crippen LogP contribution is -2.03. The average molecular weight is 103 g/mol. The predicted molar refractivity (Wildman–Crippen MR) is 22.4 cm³/mol. The van der Waals surface area contributed by atoms with Gasteiger partial charge in [0.25, 0.3) is 0 Å². The number of rotatable bonds is 0. The van der Waals surface area contributed by atoms with E-state index in [9.17, 15) is 9.59 Å². The summed E-state index contributed by atoms with van der Waals surface area (Å²) in [6.07, 6.45) is 0. The minimum absolute atomic E-state index is 0.500. The molecule has 0 rings (SSSR count). The predicted octanol–water partition coefficient (Wildman–Crippen LogP) is 0.0960. The summed E-state index contributed by atoms with van der Waals surface area (Å²) in [6.45, 7) is 0.618. The molecule has 0 aromatic carbocycles. The molecule has 0 aliphatic heterocycles. The van der Waals surface area contributed by atoms with Crippen molar-refractivity contribution in [2.45, 2.75) is 13.8 Å². The van der Waals surface area contributed by atoms with Crippen molar-refractivity contribution in [1.29, 1.82) is 0 Å². The highest BCUT2D eigenvalue weighted by atomic mass is 16.6. The smallest absolute Gasteiger partial charge is 0.310 e. The Labute approximate surface area is 42.7 Å². The van der Waals surface area contributed by atoms with Gasteiger partial charge in [-0.3, -0.25) is 9.59 Å². The molecular weight excluding hydrogens is 96.0 g/mol. The molecule has 0 saturated heterocycles. The molecule has 0 unspecified atom stereocenters. The number of esters is 2. The van der Waals surface area contributed by atoms with Crippen molar-refractivity contribution in [2.24, 2.45) is 0 Å². The van der Waals surface area contributed by atoms with Crippen LogP contribution in [0.1, 0.15) is 15.2 Å². The highest BCUT2D eigenvalue weighted by molar-refractivity contribution is 5.82. The maximum absolute atomic E-state index is 9.99. The molecule has 0 aromatic heterocycles. The van der Waals surface area contributed by atoms with E-state index >= 15 is 0 Å². The number of hydrogen-bond acceptors (Lipinski definition) is 3. The van der Waals surface area contributed by atoms with Crippen molar-refractivity contribution < 1.29 is 15.7 Å². The summed E-state index contributed by atoms with van der Waals surface area (Å²) in [7, 11) is 0. The second-order valence-electron chi connectivity index (χ2n) is 0.966. The lowest BCUT2D eigenvalue weighted by atomic mass is 10.7. The first-order valence-corrected chi connectivity index (χ1v) is 1.67. The molecule has 0 radical (unpaired) electrons. The van der Waals surface area contributed by atoms with E-state index in [-0.39, 0.29) is 0 Å². The molecule has 0 aromatic rings. The quantitative estimate of drug-likeness (QED) is 0.322. The van der Waals surface area contributed by atoms with E-state index in [2.05, 4.69) is 4.74 Å². The molecule has 0 aliphatic carbocycles. The fourth-order valence-electron chi connectivity index (χ4n) is 0.160. The van der Waals surface area contributed by atoms with Crippen LogP contribution in [0.25, 0.3) is 0 Å². The minimum atomic E-state index is -0.808. The zero-order chi connectivity index (χ0) is 6.57. The van der Waals surface area contributed by atoms with Gasteiger partial charge in [-0.1, -0.05) is 0 Å². The lowest BCUT2D eigenvalue weighted by Gasteiger charge is -1.87. The Hall–Kier alpha value is -0.860. The van der Waals surface area contributed by atoms with Crippen LogP contribution in [0.2, 0.25) is 0 Å². The maximum Gasteiger partial charge on any atom is 0.310 e. The first kappa shape index (κ1) is 4.30. The van der Waals surface area contributed by atoms with Crippen LogP contribution in [0.5, 0.6) is 0 Å². The van der Waals surface area contributed by atoms with Crippen LogP contribution in [-0.2, 0) is 14.3 Å². The second-order valence-corrected chi connectivity index (χ2v) is 0.966. The van der Waals surface area contributed by atoms with Gasteiger partial charge in [-0.2, -0.15) is 0 Å². The van der Waals surface area contributed by atoms with Crippen LogP contribution in [0.3, 0.4) is 0 Å². The Bertz CT molecular complexity index is 110. The molecule has 0 saturated carbocycles. The third kappa shape index (κ3) is 5.14. The maximum atomic E-state index is 9.99. The van der Waals surface area contributed by atoms with Gasteiger partial charge in [0.1, 0.15) is 0 Å². The summed E-state index contributed by atoms with van der Waals surface area (Å²) in [5, 5.41) is 0. The van der Waals surface area contributed by atoms with Crippen LogP contribution >= 0.6 is 0 Å². The molecule has 0 spiro atoms. The first-order valence-electron chi connectivity index (χ1n) is 2.38. The standard InChI is InChI=1S/C4H6O3/c1-3(5)7-4(2)6/h1-2H3/i1D. The van der Waals surface area contributed by atoms with Crippen LogP contribution in [0.15, 0.2) is 0 Å². The van der Waals surface area contributed by atoms with Gasteiger partial charge in [0, 0.05) is 15.2 Å². The van der Waals surface area contributed by atoms with Gasteiger partial charge in [0.2, 0.25) is 0 Å². The molecule has 0 heterocycles. The van der Waals surface area contributed by atoms with E-state index in [1.165, 1.54) is 0 Å². The molecule has 0 atom stereocenters. The van der Waals surface area contributed by atoms with Crippen LogP contribution in [-0.4, -0.2) is 11.9 Å². The Morgan fingerprint density at radius 2 is 2.14 bits per heavy atom. The average Bonchev–Trinajstić information content (AvgIpc) is 1.65. The SMILES string of the molecule is [2H]CC(=O)OC(C)=O. The molecule has 40 valence electrons. The summed E-state index contributed by atoms with van der Waals surface area (Å²) in [5.74, 6) is -1.47. The van der Waals surface area contributed by atoms with E-state index in [4.69, 9.17) is 1.37 Å². The zero-order valence-electron chi connectivity index (χ0n) is 4.93. The van der Waals surface area contributed by atoms with Crippen molar-refractivity contribution in [3.63, 3.8) is 0 Å². The molecule has 0 aliphatic rings.